The highest BCUT2D eigenvalue weighted by Gasteiger charge is 2.37. The number of nitrogens with one attached hydrogen (secondary N) is 2. The van der Waals surface area contributed by atoms with Gasteiger partial charge < -0.3 is 10.6 Å². The molecule has 1 aromatic carbocycles. The summed E-state index contributed by atoms with van der Waals surface area (Å²) < 4.78 is 27.5. The molecule has 0 spiro atoms. The summed E-state index contributed by atoms with van der Waals surface area (Å²) >= 11 is 0. The maximum atomic E-state index is 13.2. The number of rotatable bonds is 7. The Morgan fingerprint density at radius 1 is 0.968 bits per heavy atom. The molecule has 1 unspecified atom stereocenters. The van der Waals surface area contributed by atoms with Gasteiger partial charge in [-0.05, 0) is 44.7 Å². The van der Waals surface area contributed by atoms with Crippen molar-refractivity contribution in [1.82, 2.24) is 14.9 Å². The van der Waals surface area contributed by atoms with Crippen LogP contribution in [-0.4, -0.2) is 55.5 Å². The molecule has 9 heteroatoms. The molecule has 2 N–H and O–H groups in total. The van der Waals surface area contributed by atoms with E-state index in [0.717, 1.165) is 32.1 Å². The van der Waals surface area contributed by atoms with Crippen molar-refractivity contribution in [2.75, 3.05) is 13.1 Å². The molecule has 3 rings (SSSR count). The predicted octanol–water partition coefficient (Wildman–Crippen LogP) is 2.00. The fourth-order valence-electron chi connectivity index (χ4n) is 4.26. The SMILES string of the molecule is CC(=O)c1ccc(S(=O)(=O)N2CCCCC2C(=O)NCC(=O)NC2CCCCC2)cc1. The van der Waals surface area contributed by atoms with E-state index in [1.54, 1.807) is 0 Å². The maximum absolute atomic E-state index is 13.2. The molecule has 1 saturated carbocycles. The van der Waals surface area contributed by atoms with Gasteiger partial charge in [0.15, 0.2) is 5.78 Å². The van der Waals surface area contributed by atoms with Crippen LogP contribution >= 0.6 is 0 Å². The van der Waals surface area contributed by atoms with Crippen LogP contribution in [0.1, 0.15) is 68.6 Å². The van der Waals surface area contributed by atoms with Gasteiger partial charge in [-0.3, -0.25) is 14.4 Å². The molecule has 8 nitrogen and oxygen atoms in total. The van der Waals surface area contributed by atoms with E-state index >= 15 is 0 Å². The van der Waals surface area contributed by atoms with E-state index in [4.69, 9.17) is 0 Å². The van der Waals surface area contributed by atoms with Crippen molar-refractivity contribution in [2.24, 2.45) is 0 Å². The zero-order valence-electron chi connectivity index (χ0n) is 17.9. The van der Waals surface area contributed by atoms with Crippen molar-refractivity contribution < 1.29 is 22.8 Å². The maximum Gasteiger partial charge on any atom is 0.243 e. The van der Waals surface area contributed by atoms with Gasteiger partial charge in [-0.2, -0.15) is 4.31 Å². The van der Waals surface area contributed by atoms with Gasteiger partial charge in [0.1, 0.15) is 6.04 Å². The fraction of sp³-hybridized carbons (Fsp3) is 0.591. The zero-order chi connectivity index (χ0) is 22.4. The van der Waals surface area contributed by atoms with Gasteiger partial charge in [-0.15, -0.1) is 0 Å². The average Bonchev–Trinajstić information content (AvgIpc) is 2.78. The molecule has 0 aromatic heterocycles. The van der Waals surface area contributed by atoms with Crippen LogP contribution in [0.5, 0.6) is 0 Å². The minimum atomic E-state index is -3.90. The first-order valence-corrected chi connectivity index (χ1v) is 12.4. The second kappa shape index (κ2) is 10.4. The third kappa shape index (κ3) is 5.92. The third-order valence-corrected chi connectivity index (χ3v) is 7.94. The van der Waals surface area contributed by atoms with E-state index in [9.17, 15) is 22.8 Å². The lowest BCUT2D eigenvalue weighted by atomic mass is 9.95. The Hall–Kier alpha value is -2.26. The van der Waals surface area contributed by atoms with Gasteiger partial charge in [0, 0.05) is 18.2 Å². The molecule has 1 heterocycles. The number of hydrogen-bond donors (Lipinski definition) is 2. The van der Waals surface area contributed by atoms with Crippen molar-refractivity contribution in [3.63, 3.8) is 0 Å². The first-order chi connectivity index (χ1) is 14.8. The van der Waals surface area contributed by atoms with Crippen LogP contribution < -0.4 is 10.6 Å². The number of nitrogens with zero attached hydrogens (tertiary/aromatic N) is 1. The first-order valence-electron chi connectivity index (χ1n) is 11.0. The van der Waals surface area contributed by atoms with Crippen molar-refractivity contribution >= 4 is 27.6 Å². The summed E-state index contributed by atoms with van der Waals surface area (Å²) in [6.45, 7) is 1.50. The van der Waals surface area contributed by atoms with Crippen molar-refractivity contribution in [2.45, 2.75) is 75.3 Å². The van der Waals surface area contributed by atoms with Crippen LogP contribution in [0.25, 0.3) is 0 Å². The fourth-order valence-corrected chi connectivity index (χ4v) is 5.92. The van der Waals surface area contributed by atoms with Crippen LogP contribution in [0.15, 0.2) is 29.2 Å². The smallest absolute Gasteiger partial charge is 0.243 e. The highest BCUT2D eigenvalue weighted by molar-refractivity contribution is 7.89. The molecule has 1 atom stereocenters. The number of piperidine rings is 1. The number of ketones is 1. The molecule has 0 radical (unpaired) electrons. The Morgan fingerprint density at radius 3 is 2.26 bits per heavy atom. The molecule has 170 valence electrons. The lowest BCUT2D eigenvalue weighted by molar-refractivity contribution is -0.129. The normalized spacial score (nSPS) is 20.7. The summed E-state index contributed by atoms with van der Waals surface area (Å²) in [5.74, 6) is -0.849. The van der Waals surface area contributed by atoms with Gasteiger partial charge in [-0.1, -0.05) is 37.8 Å². The number of Topliss-reactive ketones (excluding diaryl/α,β-unsaturated/α-hetero) is 1. The van der Waals surface area contributed by atoms with E-state index < -0.39 is 22.0 Å². The molecule has 2 fully saturated rings. The summed E-state index contributed by atoms with van der Waals surface area (Å²) in [7, 11) is -3.90. The van der Waals surface area contributed by atoms with Gasteiger partial charge in [0.2, 0.25) is 21.8 Å². The summed E-state index contributed by atoms with van der Waals surface area (Å²) in [5.41, 5.74) is 0.427. The Morgan fingerprint density at radius 2 is 1.61 bits per heavy atom. The molecule has 0 bridgehead atoms. The van der Waals surface area contributed by atoms with Crippen molar-refractivity contribution in [3.8, 4) is 0 Å². The summed E-state index contributed by atoms with van der Waals surface area (Å²) in [4.78, 5) is 36.5. The minimum absolute atomic E-state index is 0.0484. The molecule has 1 aromatic rings. The predicted molar refractivity (Wildman–Crippen MR) is 116 cm³/mol. The van der Waals surface area contributed by atoms with Crippen molar-refractivity contribution in [1.29, 1.82) is 0 Å². The van der Waals surface area contributed by atoms with Gasteiger partial charge >= 0.3 is 0 Å². The molecule has 1 saturated heterocycles. The largest absolute Gasteiger partial charge is 0.352 e. The molecule has 1 aliphatic heterocycles. The average molecular weight is 450 g/mol. The number of amides is 2. The summed E-state index contributed by atoms with van der Waals surface area (Å²) in [5, 5.41) is 5.56. The number of carbonyl (C=O) groups is 3. The monoisotopic (exact) mass is 449 g/mol. The highest BCUT2D eigenvalue weighted by Crippen LogP contribution is 2.26. The van der Waals surface area contributed by atoms with E-state index in [1.807, 2.05) is 0 Å². The number of benzene rings is 1. The minimum Gasteiger partial charge on any atom is -0.352 e. The standard InChI is InChI=1S/C22H31N3O5S/c1-16(26)17-10-12-19(13-11-17)31(29,30)25-14-6-5-9-20(25)22(28)23-15-21(27)24-18-7-3-2-4-8-18/h10-13,18,20H,2-9,14-15H2,1H3,(H,23,28)(H,24,27). The molecule has 2 aliphatic rings. The molecule has 1 aliphatic carbocycles. The molecular weight excluding hydrogens is 418 g/mol. The Balaban J connectivity index is 1.64. The summed E-state index contributed by atoms with van der Waals surface area (Å²) in [6.07, 6.45) is 7.10. The lowest BCUT2D eigenvalue weighted by Crippen LogP contribution is -2.53. The van der Waals surface area contributed by atoms with E-state index in [1.165, 1.54) is 41.9 Å². The lowest BCUT2D eigenvalue weighted by Gasteiger charge is -2.33. The second-order valence-electron chi connectivity index (χ2n) is 8.33. The van der Waals surface area contributed by atoms with Crippen LogP contribution in [0.3, 0.4) is 0 Å². The number of sulfonamides is 1. The number of carbonyl (C=O) groups excluding carboxylic acids is 3. The van der Waals surface area contributed by atoms with Gasteiger partial charge in [-0.25, -0.2) is 8.42 Å². The summed E-state index contributed by atoms with van der Waals surface area (Å²) in [6, 6.07) is 5.05. The van der Waals surface area contributed by atoms with E-state index in [2.05, 4.69) is 10.6 Å². The number of hydrogen-bond acceptors (Lipinski definition) is 5. The quantitative estimate of drug-likeness (QED) is 0.618. The molecule has 2 amide bonds. The van der Waals surface area contributed by atoms with Crippen LogP contribution in [0.2, 0.25) is 0 Å². The first kappa shape index (κ1) is 23.4. The Bertz CT molecular complexity index is 908. The topological polar surface area (TPSA) is 113 Å². The molecule has 31 heavy (non-hydrogen) atoms. The second-order valence-corrected chi connectivity index (χ2v) is 10.2. The van der Waals surface area contributed by atoms with Crippen LogP contribution in [-0.2, 0) is 19.6 Å². The highest BCUT2D eigenvalue weighted by atomic mass is 32.2. The Labute approximate surface area is 183 Å². The van der Waals surface area contributed by atoms with E-state index in [0.29, 0.717) is 18.4 Å². The van der Waals surface area contributed by atoms with E-state index in [-0.39, 0.29) is 35.7 Å². The van der Waals surface area contributed by atoms with Gasteiger partial charge in [0.25, 0.3) is 0 Å². The van der Waals surface area contributed by atoms with Crippen LogP contribution in [0.4, 0.5) is 0 Å². The molecular formula is C22H31N3O5S. The van der Waals surface area contributed by atoms with Gasteiger partial charge in [0.05, 0.1) is 11.4 Å². The third-order valence-electron chi connectivity index (χ3n) is 6.02. The van der Waals surface area contributed by atoms with Crippen LogP contribution in [0, 0.1) is 0 Å². The zero-order valence-corrected chi connectivity index (χ0v) is 18.7. The Kier molecular flexibility index (Phi) is 7.83. The van der Waals surface area contributed by atoms with Crippen molar-refractivity contribution in [3.05, 3.63) is 29.8 Å².